The van der Waals surface area contributed by atoms with E-state index in [1.54, 1.807) is 24.9 Å². The molecule has 10 heteroatoms. The molecule has 0 spiro atoms. The Bertz CT molecular complexity index is 933. The number of fused-ring (bicyclic) bond motifs is 1. The summed E-state index contributed by atoms with van der Waals surface area (Å²) in [6, 6.07) is 4.64. The number of aromatic nitrogens is 2. The predicted molar refractivity (Wildman–Crippen MR) is 107 cm³/mol. The maximum atomic E-state index is 12.7. The van der Waals surface area contributed by atoms with Gasteiger partial charge in [-0.1, -0.05) is 0 Å². The Hall–Kier alpha value is -3.27. The number of rotatable bonds is 7. The van der Waals surface area contributed by atoms with Gasteiger partial charge >= 0.3 is 0 Å². The minimum atomic E-state index is -2.62. The molecule has 1 aliphatic rings. The number of pyridine rings is 2. The molecular formula is C20H24F2N6O2. The van der Waals surface area contributed by atoms with Crippen LogP contribution in [0.1, 0.15) is 37.1 Å². The van der Waals surface area contributed by atoms with E-state index >= 15 is 0 Å². The van der Waals surface area contributed by atoms with Crippen molar-refractivity contribution in [3.05, 3.63) is 58.8 Å². The topological polar surface area (TPSA) is 105 Å². The van der Waals surface area contributed by atoms with Gasteiger partial charge in [0.15, 0.2) is 0 Å². The van der Waals surface area contributed by atoms with Gasteiger partial charge in [0.1, 0.15) is 12.3 Å². The fourth-order valence-electron chi connectivity index (χ4n) is 3.02. The van der Waals surface area contributed by atoms with E-state index in [4.69, 9.17) is 10.6 Å². The van der Waals surface area contributed by atoms with Crippen LogP contribution in [0.2, 0.25) is 0 Å². The summed E-state index contributed by atoms with van der Waals surface area (Å²) >= 11 is 0. The van der Waals surface area contributed by atoms with Gasteiger partial charge < -0.3 is 20.4 Å². The summed E-state index contributed by atoms with van der Waals surface area (Å²) in [5, 5.41) is 3.08. The first kappa shape index (κ1) is 21.4. The van der Waals surface area contributed by atoms with E-state index in [0.717, 1.165) is 17.5 Å². The van der Waals surface area contributed by atoms with Gasteiger partial charge in [0, 0.05) is 38.0 Å². The minimum absolute atomic E-state index is 0.0441. The molecule has 0 radical (unpaired) electrons. The molecule has 0 unspecified atom stereocenters. The number of hydrogen-bond acceptors (Lipinski definition) is 7. The van der Waals surface area contributed by atoms with Crippen molar-refractivity contribution in [2.45, 2.75) is 33.2 Å². The molecule has 0 saturated carbocycles. The van der Waals surface area contributed by atoms with Crippen LogP contribution in [0.4, 0.5) is 14.5 Å². The highest BCUT2D eigenvalue weighted by Gasteiger charge is 2.19. The Morgan fingerprint density at radius 1 is 1.27 bits per heavy atom. The summed E-state index contributed by atoms with van der Waals surface area (Å²) in [6.07, 6.45) is 1.16. The van der Waals surface area contributed by atoms with Gasteiger partial charge in [0.05, 0.1) is 17.6 Å². The van der Waals surface area contributed by atoms with Crippen molar-refractivity contribution in [3.63, 3.8) is 0 Å². The molecule has 0 atom stereocenters. The maximum absolute atomic E-state index is 12.7. The van der Waals surface area contributed by atoms with Gasteiger partial charge in [-0.05, 0) is 36.6 Å². The standard InChI is InChI=1S/C20H24F2N6O2/c1-12(27-23)18(26-16-3-4-17(20(21)22)24-9-16)11-30-19-7-14-5-6-28(13(2)29)10-15(14)8-25-19/h3-4,7-9,20,26-27H,5-6,10-11,23H2,1-2H3/b18-12-. The molecule has 0 saturated heterocycles. The van der Waals surface area contributed by atoms with E-state index < -0.39 is 6.43 Å². The monoisotopic (exact) mass is 418 g/mol. The number of alkyl halides is 2. The zero-order chi connectivity index (χ0) is 21.7. The molecule has 0 bridgehead atoms. The lowest BCUT2D eigenvalue weighted by atomic mass is 10.0. The number of nitrogens with zero attached hydrogens (tertiary/aromatic N) is 3. The molecule has 0 fully saturated rings. The minimum Gasteiger partial charge on any atom is -0.471 e. The van der Waals surface area contributed by atoms with E-state index in [1.165, 1.54) is 18.3 Å². The summed E-state index contributed by atoms with van der Waals surface area (Å²) in [5.41, 5.74) is 6.10. The number of anilines is 1. The highest BCUT2D eigenvalue weighted by molar-refractivity contribution is 5.73. The van der Waals surface area contributed by atoms with Crippen LogP contribution in [0, 0.1) is 0 Å². The lowest BCUT2D eigenvalue weighted by Gasteiger charge is -2.27. The summed E-state index contributed by atoms with van der Waals surface area (Å²) < 4.78 is 31.2. The number of carbonyl (C=O) groups is 1. The second kappa shape index (κ2) is 9.49. The first-order valence-corrected chi connectivity index (χ1v) is 9.41. The van der Waals surface area contributed by atoms with Gasteiger partial charge in [-0.3, -0.25) is 15.6 Å². The van der Waals surface area contributed by atoms with Crippen LogP contribution in [-0.4, -0.2) is 33.9 Å². The van der Waals surface area contributed by atoms with Crippen LogP contribution in [0.3, 0.4) is 0 Å². The molecule has 1 aliphatic heterocycles. The molecule has 4 N–H and O–H groups in total. The number of nitrogens with two attached hydrogens (primary N) is 1. The zero-order valence-electron chi connectivity index (χ0n) is 16.8. The number of allylic oxidation sites excluding steroid dienone is 1. The van der Waals surface area contributed by atoms with E-state index in [2.05, 4.69) is 20.7 Å². The SMILES string of the molecule is CC(=O)N1CCc2cc(OC/C(Nc3ccc(C(F)F)nc3)=C(\C)NN)ncc2C1. The first-order chi connectivity index (χ1) is 14.4. The fraction of sp³-hybridized carbons (Fsp3) is 0.350. The number of nitrogens with one attached hydrogen (secondary N) is 2. The fourth-order valence-corrected chi connectivity index (χ4v) is 3.02. The van der Waals surface area contributed by atoms with E-state index in [0.29, 0.717) is 36.1 Å². The van der Waals surface area contributed by atoms with Crippen molar-refractivity contribution in [1.82, 2.24) is 20.3 Å². The molecular weight excluding hydrogens is 394 g/mol. The molecule has 1 amide bonds. The van der Waals surface area contributed by atoms with Gasteiger partial charge in [-0.15, -0.1) is 0 Å². The summed E-state index contributed by atoms with van der Waals surface area (Å²) in [4.78, 5) is 21.4. The smallest absolute Gasteiger partial charge is 0.280 e. The molecule has 3 heterocycles. The van der Waals surface area contributed by atoms with E-state index in [-0.39, 0.29) is 18.2 Å². The number of halogens is 2. The predicted octanol–water partition coefficient (Wildman–Crippen LogP) is 2.50. The van der Waals surface area contributed by atoms with E-state index in [1.807, 2.05) is 6.07 Å². The van der Waals surface area contributed by atoms with Crippen LogP contribution in [0.15, 0.2) is 42.0 Å². The first-order valence-electron chi connectivity index (χ1n) is 9.41. The third kappa shape index (κ3) is 5.20. The van der Waals surface area contributed by atoms with E-state index in [9.17, 15) is 13.6 Å². The zero-order valence-corrected chi connectivity index (χ0v) is 16.8. The molecule has 2 aromatic rings. The van der Waals surface area contributed by atoms with Gasteiger partial charge in [-0.25, -0.2) is 13.8 Å². The largest absolute Gasteiger partial charge is 0.471 e. The number of amides is 1. The Morgan fingerprint density at radius 2 is 2.07 bits per heavy atom. The molecule has 2 aromatic heterocycles. The average molecular weight is 418 g/mol. The second-order valence-electron chi connectivity index (χ2n) is 6.92. The quantitative estimate of drug-likeness (QED) is 0.469. The molecule has 160 valence electrons. The van der Waals surface area contributed by atoms with Crippen LogP contribution in [0.5, 0.6) is 5.88 Å². The molecule has 0 aromatic carbocycles. The Balaban J connectivity index is 1.68. The lowest BCUT2D eigenvalue weighted by Crippen LogP contribution is -2.34. The Kier molecular flexibility index (Phi) is 6.78. The van der Waals surface area contributed by atoms with Crippen LogP contribution in [-0.2, 0) is 17.8 Å². The van der Waals surface area contributed by atoms with Gasteiger partial charge in [-0.2, -0.15) is 0 Å². The Labute approximate surface area is 173 Å². The van der Waals surface area contributed by atoms with Crippen LogP contribution >= 0.6 is 0 Å². The highest BCUT2D eigenvalue weighted by Crippen LogP contribution is 2.23. The van der Waals surface area contributed by atoms with Crippen molar-refractivity contribution < 1.29 is 18.3 Å². The number of ether oxygens (including phenoxy) is 1. The molecule has 3 rings (SSSR count). The molecule has 30 heavy (non-hydrogen) atoms. The molecule has 0 aliphatic carbocycles. The molecule has 8 nitrogen and oxygen atoms in total. The number of hydrazine groups is 1. The van der Waals surface area contributed by atoms with Crippen LogP contribution < -0.4 is 21.3 Å². The lowest BCUT2D eigenvalue weighted by molar-refractivity contribution is -0.129. The average Bonchev–Trinajstić information content (AvgIpc) is 2.75. The van der Waals surface area contributed by atoms with Crippen molar-refractivity contribution in [3.8, 4) is 5.88 Å². The normalized spacial score (nSPS) is 14.1. The van der Waals surface area contributed by atoms with Gasteiger partial charge in [0.25, 0.3) is 6.43 Å². The summed E-state index contributed by atoms with van der Waals surface area (Å²) in [6.45, 7) is 4.64. The van der Waals surface area contributed by atoms with Gasteiger partial charge in [0.2, 0.25) is 11.8 Å². The third-order valence-corrected chi connectivity index (χ3v) is 4.85. The van der Waals surface area contributed by atoms with Crippen molar-refractivity contribution in [2.75, 3.05) is 18.5 Å². The number of hydrogen-bond donors (Lipinski definition) is 3. The number of carbonyl (C=O) groups excluding carboxylic acids is 1. The second-order valence-corrected chi connectivity index (χ2v) is 6.92. The maximum Gasteiger partial charge on any atom is 0.280 e. The van der Waals surface area contributed by atoms with Crippen molar-refractivity contribution in [1.29, 1.82) is 0 Å². The van der Waals surface area contributed by atoms with Crippen molar-refractivity contribution >= 4 is 11.6 Å². The van der Waals surface area contributed by atoms with Crippen LogP contribution in [0.25, 0.3) is 0 Å². The van der Waals surface area contributed by atoms with Crippen molar-refractivity contribution in [2.24, 2.45) is 5.84 Å². The highest BCUT2D eigenvalue weighted by atomic mass is 19.3. The summed E-state index contributed by atoms with van der Waals surface area (Å²) in [7, 11) is 0. The Morgan fingerprint density at radius 3 is 2.70 bits per heavy atom. The summed E-state index contributed by atoms with van der Waals surface area (Å²) in [5.74, 6) is 6.01. The third-order valence-electron chi connectivity index (χ3n) is 4.85.